The number of rotatable bonds is 6. The van der Waals surface area contributed by atoms with Crippen LogP contribution in [-0.2, 0) is 19.6 Å². The van der Waals surface area contributed by atoms with Crippen LogP contribution in [0.15, 0.2) is 53.4 Å². The van der Waals surface area contributed by atoms with Gasteiger partial charge < -0.3 is 15.4 Å². The molecule has 0 atom stereocenters. The van der Waals surface area contributed by atoms with Gasteiger partial charge in [0.1, 0.15) is 6.61 Å². The lowest BCUT2D eigenvalue weighted by atomic mass is 10.2. The minimum atomic E-state index is -4.11. The van der Waals surface area contributed by atoms with Crippen LogP contribution in [0.2, 0.25) is 0 Å². The number of anilines is 2. The molecule has 0 saturated carbocycles. The van der Waals surface area contributed by atoms with E-state index in [1.54, 1.807) is 0 Å². The Morgan fingerprint density at radius 1 is 1.19 bits per heavy atom. The second kappa shape index (κ2) is 10.5. The van der Waals surface area contributed by atoms with E-state index in [1.165, 1.54) is 42.4 Å². The van der Waals surface area contributed by atoms with E-state index in [0.29, 0.717) is 12.3 Å². The fourth-order valence-electron chi connectivity index (χ4n) is 2.27. The summed E-state index contributed by atoms with van der Waals surface area (Å²) in [5.74, 6) is -0.222. The maximum absolute atomic E-state index is 10.7. The predicted molar refractivity (Wildman–Crippen MR) is 106 cm³/mol. The second-order valence-electron chi connectivity index (χ2n) is 5.81. The molecule has 27 heavy (non-hydrogen) atoms. The van der Waals surface area contributed by atoms with Gasteiger partial charge in [-0.3, -0.25) is 9.35 Å². The van der Waals surface area contributed by atoms with Crippen molar-refractivity contribution in [1.29, 1.82) is 0 Å². The molecule has 0 unspecified atom stereocenters. The van der Waals surface area contributed by atoms with E-state index in [-0.39, 0.29) is 10.9 Å². The van der Waals surface area contributed by atoms with Gasteiger partial charge in [0.2, 0.25) is 0 Å². The maximum atomic E-state index is 10.7. The van der Waals surface area contributed by atoms with Crippen LogP contribution >= 0.6 is 0 Å². The smallest absolute Gasteiger partial charge is 0.302 e. The summed E-state index contributed by atoms with van der Waals surface area (Å²) in [6.07, 6.45) is 0. The summed E-state index contributed by atoms with van der Waals surface area (Å²) in [6, 6.07) is 13.8. The molecule has 0 aliphatic carbocycles. The molecule has 0 heterocycles. The van der Waals surface area contributed by atoms with Crippen LogP contribution in [0, 0.1) is 6.92 Å². The summed E-state index contributed by atoms with van der Waals surface area (Å²) in [6.45, 7) is 7.68. The monoisotopic (exact) mass is 394 g/mol. The summed E-state index contributed by atoms with van der Waals surface area (Å²) in [7, 11) is -4.11. The highest BCUT2D eigenvalue weighted by molar-refractivity contribution is 7.85. The summed E-state index contributed by atoms with van der Waals surface area (Å²) in [5, 5.41) is 0. The van der Waals surface area contributed by atoms with Crippen LogP contribution in [0.4, 0.5) is 11.4 Å². The van der Waals surface area contributed by atoms with Crippen LogP contribution in [0.1, 0.15) is 19.4 Å². The number of carbonyl (C=O) groups is 1. The van der Waals surface area contributed by atoms with E-state index in [0.717, 1.165) is 13.1 Å². The first-order valence-corrected chi connectivity index (χ1v) is 9.85. The lowest BCUT2D eigenvalue weighted by Gasteiger charge is -2.23. The molecule has 8 heteroatoms. The van der Waals surface area contributed by atoms with E-state index in [1.807, 2.05) is 6.07 Å². The SMILES string of the molecule is CCN(CCOC(C)=O)c1cccc(C)c1.Nc1cccc(S(=O)(=O)O)c1. The number of nitrogens with zero attached hydrogens (tertiary/aromatic N) is 1. The third kappa shape index (κ3) is 8.57. The Morgan fingerprint density at radius 3 is 2.33 bits per heavy atom. The van der Waals surface area contributed by atoms with Crippen LogP contribution in [0.3, 0.4) is 0 Å². The zero-order valence-electron chi connectivity index (χ0n) is 15.8. The van der Waals surface area contributed by atoms with Crippen molar-refractivity contribution in [3.63, 3.8) is 0 Å². The summed E-state index contributed by atoms with van der Waals surface area (Å²) in [4.78, 5) is 12.7. The first-order chi connectivity index (χ1) is 12.6. The van der Waals surface area contributed by atoms with E-state index in [4.69, 9.17) is 15.0 Å². The number of aryl methyl sites for hydroxylation is 1. The third-order valence-corrected chi connectivity index (χ3v) is 4.42. The summed E-state index contributed by atoms with van der Waals surface area (Å²) in [5.41, 5.74) is 8.00. The van der Waals surface area contributed by atoms with Gasteiger partial charge in [-0.2, -0.15) is 8.42 Å². The van der Waals surface area contributed by atoms with E-state index >= 15 is 0 Å². The van der Waals surface area contributed by atoms with E-state index in [9.17, 15) is 13.2 Å². The number of ether oxygens (including phenoxy) is 1. The summed E-state index contributed by atoms with van der Waals surface area (Å²) < 4.78 is 34.4. The van der Waals surface area contributed by atoms with Crippen molar-refractivity contribution in [2.75, 3.05) is 30.3 Å². The van der Waals surface area contributed by atoms with Gasteiger partial charge in [-0.1, -0.05) is 18.2 Å². The van der Waals surface area contributed by atoms with E-state index < -0.39 is 10.1 Å². The molecule has 0 saturated heterocycles. The molecule has 0 radical (unpaired) electrons. The molecule has 148 valence electrons. The molecule has 3 N–H and O–H groups in total. The Hall–Kier alpha value is -2.58. The molecule has 2 aromatic carbocycles. The lowest BCUT2D eigenvalue weighted by molar-refractivity contribution is -0.140. The van der Waals surface area contributed by atoms with Gasteiger partial charge in [0.15, 0.2) is 0 Å². The molecule has 7 nitrogen and oxygen atoms in total. The van der Waals surface area contributed by atoms with Gasteiger partial charge in [0.05, 0.1) is 11.4 Å². The Bertz CT molecular complexity index is 853. The largest absolute Gasteiger partial charge is 0.464 e. The number of nitrogen functional groups attached to an aromatic ring is 1. The predicted octanol–water partition coefficient (Wildman–Crippen LogP) is 2.90. The number of benzene rings is 2. The van der Waals surface area contributed by atoms with Crippen LogP contribution in [0.5, 0.6) is 0 Å². The number of carbonyl (C=O) groups excluding carboxylic acids is 1. The van der Waals surface area contributed by atoms with Crippen molar-refractivity contribution in [3.8, 4) is 0 Å². The van der Waals surface area contributed by atoms with Crippen molar-refractivity contribution in [2.24, 2.45) is 0 Å². The van der Waals surface area contributed by atoms with Crippen molar-refractivity contribution >= 4 is 27.5 Å². The number of hydrogen-bond acceptors (Lipinski definition) is 6. The molecular formula is C19H26N2O5S. The molecule has 0 aliphatic rings. The first kappa shape index (κ1) is 22.5. The standard InChI is InChI=1S/C13H19NO2.C6H7NO3S/c1-4-14(8-9-16-12(3)15)13-7-5-6-11(2)10-13;7-5-2-1-3-6(4-5)11(8,9)10/h5-7,10H,4,8-9H2,1-3H3;1-4H,7H2,(H,8,9,10). The van der Waals surface area contributed by atoms with Crippen molar-refractivity contribution < 1.29 is 22.5 Å². The fourth-order valence-corrected chi connectivity index (χ4v) is 2.80. The minimum Gasteiger partial charge on any atom is -0.464 e. The van der Waals surface area contributed by atoms with Crippen LogP contribution in [-0.4, -0.2) is 38.6 Å². The van der Waals surface area contributed by atoms with Gasteiger partial charge >= 0.3 is 5.97 Å². The zero-order valence-corrected chi connectivity index (χ0v) is 16.6. The minimum absolute atomic E-state index is 0.183. The normalized spacial score (nSPS) is 10.5. The van der Waals surface area contributed by atoms with Crippen molar-refractivity contribution in [2.45, 2.75) is 25.7 Å². The second-order valence-corrected chi connectivity index (χ2v) is 7.23. The quantitative estimate of drug-likeness (QED) is 0.440. The highest BCUT2D eigenvalue weighted by atomic mass is 32.2. The van der Waals surface area contributed by atoms with Gasteiger partial charge in [-0.05, 0) is 49.7 Å². The highest BCUT2D eigenvalue weighted by Gasteiger charge is 2.07. The van der Waals surface area contributed by atoms with E-state index in [2.05, 4.69) is 36.9 Å². The molecule has 2 aromatic rings. The summed E-state index contributed by atoms with van der Waals surface area (Å²) >= 11 is 0. The molecule has 0 aromatic heterocycles. The third-order valence-electron chi connectivity index (χ3n) is 3.57. The maximum Gasteiger partial charge on any atom is 0.302 e. The Kier molecular flexibility index (Phi) is 8.77. The van der Waals surface area contributed by atoms with Crippen molar-refractivity contribution in [3.05, 3.63) is 54.1 Å². The van der Waals surface area contributed by atoms with Gasteiger partial charge in [0.25, 0.3) is 10.1 Å². The van der Waals surface area contributed by atoms with Gasteiger partial charge in [-0.15, -0.1) is 0 Å². The molecular weight excluding hydrogens is 368 g/mol. The highest BCUT2D eigenvalue weighted by Crippen LogP contribution is 2.15. The molecule has 0 aliphatic heterocycles. The Morgan fingerprint density at radius 2 is 1.85 bits per heavy atom. The van der Waals surface area contributed by atoms with Crippen LogP contribution in [0.25, 0.3) is 0 Å². The molecule has 0 amide bonds. The number of nitrogens with two attached hydrogens (primary N) is 1. The van der Waals surface area contributed by atoms with Gasteiger partial charge in [0, 0.05) is 24.8 Å². The van der Waals surface area contributed by atoms with Gasteiger partial charge in [-0.25, -0.2) is 0 Å². The fraction of sp³-hybridized carbons (Fsp3) is 0.316. The first-order valence-electron chi connectivity index (χ1n) is 8.41. The van der Waals surface area contributed by atoms with Crippen molar-refractivity contribution in [1.82, 2.24) is 0 Å². The molecule has 0 fully saturated rings. The molecule has 2 rings (SSSR count). The molecule has 0 bridgehead atoms. The van der Waals surface area contributed by atoms with Crippen LogP contribution < -0.4 is 10.6 Å². The number of hydrogen-bond donors (Lipinski definition) is 2. The topological polar surface area (TPSA) is 110 Å². The Labute approximate surface area is 160 Å². The molecule has 0 spiro atoms. The number of esters is 1. The average Bonchev–Trinajstić information content (AvgIpc) is 2.58. The zero-order chi connectivity index (χ0) is 20.4. The number of likely N-dealkylation sites (N-methyl/N-ethyl adjacent to an activating group) is 1. The lowest BCUT2D eigenvalue weighted by Crippen LogP contribution is -2.27. The Balaban J connectivity index is 0.000000289. The average molecular weight is 394 g/mol.